The van der Waals surface area contributed by atoms with Gasteiger partial charge in [0.15, 0.2) is 0 Å². The molecule has 0 amide bonds. The second-order valence-corrected chi connectivity index (χ2v) is 4.50. The molecule has 0 radical (unpaired) electrons. The molecule has 2 rings (SSSR count). The van der Waals surface area contributed by atoms with Crippen molar-refractivity contribution in [2.75, 3.05) is 6.54 Å². The van der Waals surface area contributed by atoms with E-state index in [0.717, 1.165) is 24.9 Å². The Morgan fingerprint density at radius 2 is 2.06 bits per heavy atom. The summed E-state index contributed by atoms with van der Waals surface area (Å²) in [4.78, 5) is 0. The Morgan fingerprint density at radius 1 is 1.25 bits per heavy atom. The van der Waals surface area contributed by atoms with Crippen molar-refractivity contribution in [1.29, 1.82) is 0 Å². The van der Waals surface area contributed by atoms with Crippen LogP contribution in [0, 0.1) is 17.6 Å². The maximum absolute atomic E-state index is 13.2. The summed E-state index contributed by atoms with van der Waals surface area (Å²) in [7, 11) is 0. The Hall–Kier alpha value is -0.960. The molecule has 0 aromatic heterocycles. The second kappa shape index (κ2) is 5.39. The van der Waals surface area contributed by atoms with Gasteiger partial charge in [0.25, 0.3) is 0 Å². The van der Waals surface area contributed by atoms with Gasteiger partial charge in [-0.25, -0.2) is 8.78 Å². The van der Waals surface area contributed by atoms with Crippen LogP contribution in [-0.4, -0.2) is 6.54 Å². The standard InChI is InChI=1S/C13H17F2N/c14-12-5-6-13(15)11(8-12)9-16-7-1-2-10-3-4-10/h5-6,8,10,16H,1-4,7,9H2. The summed E-state index contributed by atoms with van der Waals surface area (Å²) in [6.07, 6.45) is 5.14. The van der Waals surface area contributed by atoms with E-state index in [-0.39, 0.29) is 11.6 Å². The van der Waals surface area contributed by atoms with Crippen LogP contribution >= 0.6 is 0 Å². The second-order valence-electron chi connectivity index (χ2n) is 4.50. The summed E-state index contributed by atoms with van der Waals surface area (Å²) in [6, 6.07) is 3.58. The van der Waals surface area contributed by atoms with Crippen LogP contribution in [0.3, 0.4) is 0 Å². The molecule has 0 aliphatic heterocycles. The number of halogens is 2. The molecule has 16 heavy (non-hydrogen) atoms. The van der Waals surface area contributed by atoms with Gasteiger partial charge in [0, 0.05) is 12.1 Å². The van der Waals surface area contributed by atoms with Gasteiger partial charge in [-0.2, -0.15) is 0 Å². The zero-order chi connectivity index (χ0) is 11.4. The largest absolute Gasteiger partial charge is 0.313 e. The highest BCUT2D eigenvalue weighted by Gasteiger charge is 2.19. The molecule has 0 bridgehead atoms. The van der Waals surface area contributed by atoms with E-state index in [9.17, 15) is 8.78 Å². The molecule has 0 saturated heterocycles. The zero-order valence-electron chi connectivity index (χ0n) is 9.31. The average molecular weight is 225 g/mol. The lowest BCUT2D eigenvalue weighted by Gasteiger charge is -2.05. The van der Waals surface area contributed by atoms with E-state index in [2.05, 4.69) is 5.32 Å². The van der Waals surface area contributed by atoms with Crippen LogP contribution in [0.15, 0.2) is 18.2 Å². The van der Waals surface area contributed by atoms with Gasteiger partial charge >= 0.3 is 0 Å². The molecule has 0 unspecified atom stereocenters. The van der Waals surface area contributed by atoms with Crippen LogP contribution in [0.1, 0.15) is 31.2 Å². The van der Waals surface area contributed by atoms with Gasteiger partial charge in [-0.15, -0.1) is 0 Å². The quantitative estimate of drug-likeness (QED) is 0.733. The summed E-state index contributed by atoms with van der Waals surface area (Å²) in [5, 5.41) is 3.15. The summed E-state index contributed by atoms with van der Waals surface area (Å²) in [6.45, 7) is 1.29. The monoisotopic (exact) mass is 225 g/mol. The molecule has 3 heteroatoms. The van der Waals surface area contributed by atoms with Gasteiger partial charge in [0.1, 0.15) is 11.6 Å². The predicted molar refractivity (Wildman–Crippen MR) is 60.0 cm³/mol. The molecule has 0 heterocycles. The molecule has 1 aromatic carbocycles. The molecule has 0 atom stereocenters. The summed E-state index contributed by atoms with van der Waals surface area (Å²) < 4.78 is 26.1. The molecule has 1 aliphatic carbocycles. The molecular formula is C13H17F2N. The van der Waals surface area contributed by atoms with Crippen LogP contribution in [0.5, 0.6) is 0 Å². The first kappa shape index (κ1) is 11.5. The van der Waals surface area contributed by atoms with Crippen molar-refractivity contribution in [3.8, 4) is 0 Å². The van der Waals surface area contributed by atoms with Crippen LogP contribution < -0.4 is 5.32 Å². The van der Waals surface area contributed by atoms with E-state index in [1.165, 1.54) is 31.4 Å². The fourth-order valence-electron chi connectivity index (χ4n) is 1.82. The summed E-state index contributed by atoms with van der Waals surface area (Å²) >= 11 is 0. The van der Waals surface area contributed by atoms with Gasteiger partial charge in [0.2, 0.25) is 0 Å². The Balaban J connectivity index is 1.69. The maximum Gasteiger partial charge on any atom is 0.127 e. The lowest BCUT2D eigenvalue weighted by atomic mass is 10.2. The Bertz CT molecular complexity index is 348. The molecular weight excluding hydrogens is 208 g/mol. The molecule has 88 valence electrons. The molecule has 0 spiro atoms. The van der Waals surface area contributed by atoms with E-state index < -0.39 is 0 Å². The van der Waals surface area contributed by atoms with Gasteiger partial charge in [0.05, 0.1) is 0 Å². The van der Waals surface area contributed by atoms with Crippen molar-refractivity contribution in [1.82, 2.24) is 5.32 Å². The zero-order valence-corrected chi connectivity index (χ0v) is 9.31. The maximum atomic E-state index is 13.2. The predicted octanol–water partition coefficient (Wildman–Crippen LogP) is 3.24. The Labute approximate surface area is 94.9 Å². The third-order valence-corrected chi connectivity index (χ3v) is 2.99. The van der Waals surface area contributed by atoms with Gasteiger partial charge in [-0.1, -0.05) is 12.8 Å². The van der Waals surface area contributed by atoms with Crippen molar-refractivity contribution in [2.45, 2.75) is 32.2 Å². The molecule has 1 aromatic rings. The molecule has 1 saturated carbocycles. The number of hydrogen-bond acceptors (Lipinski definition) is 1. The first-order chi connectivity index (χ1) is 7.75. The minimum atomic E-state index is -0.379. The number of rotatable bonds is 6. The summed E-state index contributed by atoms with van der Waals surface area (Å²) in [5.41, 5.74) is 0.409. The highest BCUT2D eigenvalue weighted by molar-refractivity contribution is 5.18. The summed E-state index contributed by atoms with van der Waals surface area (Å²) in [5.74, 6) is 0.222. The van der Waals surface area contributed by atoms with E-state index >= 15 is 0 Å². The van der Waals surface area contributed by atoms with Gasteiger partial charge < -0.3 is 5.32 Å². The van der Waals surface area contributed by atoms with Crippen molar-refractivity contribution in [2.24, 2.45) is 5.92 Å². The smallest absolute Gasteiger partial charge is 0.127 e. The number of hydrogen-bond donors (Lipinski definition) is 1. The fraction of sp³-hybridized carbons (Fsp3) is 0.538. The minimum Gasteiger partial charge on any atom is -0.313 e. The van der Waals surface area contributed by atoms with Crippen LogP contribution in [0.4, 0.5) is 8.78 Å². The molecule has 1 aliphatic rings. The third kappa shape index (κ3) is 3.56. The molecule has 1 fully saturated rings. The molecule has 1 N–H and O–H groups in total. The lowest BCUT2D eigenvalue weighted by Crippen LogP contribution is -2.15. The molecule has 1 nitrogen and oxygen atoms in total. The minimum absolute atomic E-state index is 0.337. The average Bonchev–Trinajstić information content (AvgIpc) is 3.06. The lowest BCUT2D eigenvalue weighted by molar-refractivity contribution is 0.554. The van der Waals surface area contributed by atoms with Crippen LogP contribution in [-0.2, 0) is 6.54 Å². The van der Waals surface area contributed by atoms with Crippen molar-refractivity contribution >= 4 is 0 Å². The first-order valence-corrected chi connectivity index (χ1v) is 5.90. The number of benzene rings is 1. The van der Waals surface area contributed by atoms with E-state index in [0.29, 0.717) is 12.1 Å². The van der Waals surface area contributed by atoms with E-state index in [1.807, 2.05) is 0 Å². The Morgan fingerprint density at radius 3 is 2.81 bits per heavy atom. The Kier molecular flexibility index (Phi) is 3.88. The van der Waals surface area contributed by atoms with Crippen LogP contribution in [0.25, 0.3) is 0 Å². The van der Waals surface area contributed by atoms with Gasteiger partial charge in [-0.3, -0.25) is 0 Å². The third-order valence-electron chi connectivity index (χ3n) is 2.99. The fourth-order valence-corrected chi connectivity index (χ4v) is 1.82. The van der Waals surface area contributed by atoms with E-state index in [4.69, 9.17) is 0 Å². The number of nitrogens with one attached hydrogen (secondary N) is 1. The van der Waals surface area contributed by atoms with Crippen molar-refractivity contribution in [3.05, 3.63) is 35.4 Å². The highest BCUT2D eigenvalue weighted by atomic mass is 19.1. The van der Waals surface area contributed by atoms with Crippen molar-refractivity contribution in [3.63, 3.8) is 0 Å². The van der Waals surface area contributed by atoms with Gasteiger partial charge in [-0.05, 0) is 43.5 Å². The SMILES string of the molecule is Fc1ccc(F)c(CNCCCC2CC2)c1. The topological polar surface area (TPSA) is 12.0 Å². The van der Waals surface area contributed by atoms with E-state index in [1.54, 1.807) is 0 Å². The normalized spacial score (nSPS) is 15.4. The first-order valence-electron chi connectivity index (χ1n) is 5.90. The highest BCUT2D eigenvalue weighted by Crippen LogP contribution is 2.33. The van der Waals surface area contributed by atoms with Crippen molar-refractivity contribution < 1.29 is 8.78 Å². The van der Waals surface area contributed by atoms with Crippen LogP contribution in [0.2, 0.25) is 0 Å².